The molecule has 1 unspecified atom stereocenters. The zero-order chi connectivity index (χ0) is 17.9. The minimum atomic E-state index is -0.0848. The SMILES string of the molecule is O=C(CC1CCCC1)NCC1Cc2cc(Cl)cc(-c3ncccn3)c2O1. The first-order valence-electron chi connectivity index (χ1n) is 9.22. The molecule has 6 heteroatoms. The number of amides is 1. The van der Waals surface area contributed by atoms with Crippen molar-refractivity contribution in [2.45, 2.75) is 44.6 Å². The highest BCUT2D eigenvalue weighted by molar-refractivity contribution is 6.31. The lowest BCUT2D eigenvalue weighted by molar-refractivity contribution is -0.122. The minimum absolute atomic E-state index is 0.0848. The molecule has 1 saturated carbocycles. The molecule has 5 nitrogen and oxygen atoms in total. The summed E-state index contributed by atoms with van der Waals surface area (Å²) in [6.45, 7) is 0.507. The molecule has 1 atom stereocenters. The fraction of sp³-hybridized carbons (Fsp3) is 0.450. The number of benzene rings is 1. The van der Waals surface area contributed by atoms with Crippen molar-refractivity contribution >= 4 is 17.5 Å². The van der Waals surface area contributed by atoms with Crippen molar-refractivity contribution in [3.8, 4) is 17.1 Å². The molecule has 2 aliphatic rings. The van der Waals surface area contributed by atoms with E-state index in [0.717, 1.165) is 23.3 Å². The lowest BCUT2D eigenvalue weighted by atomic mass is 10.0. The molecule has 2 heterocycles. The van der Waals surface area contributed by atoms with E-state index >= 15 is 0 Å². The Morgan fingerprint density at radius 2 is 2.00 bits per heavy atom. The van der Waals surface area contributed by atoms with Gasteiger partial charge in [0.05, 0.1) is 12.1 Å². The lowest BCUT2D eigenvalue weighted by Gasteiger charge is -2.14. The molecule has 1 aromatic heterocycles. The van der Waals surface area contributed by atoms with Crippen LogP contribution in [0.3, 0.4) is 0 Å². The van der Waals surface area contributed by atoms with E-state index in [-0.39, 0.29) is 12.0 Å². The predicted octanol–water partition coefficient (Wildman–Crippen LogP) is 3.80. The number of hydrogen-bond acceptors (Lipinski definition) is 4. The second-order valence-electron chi connectivity index (χ2n) is 7.12. The average Bonchev–Trinajstić information content (AvgIpc) is 3.29. The number of hydrogen-bond donors (Lipinski definition) is 1. The van der Waals surface area contributed by atoms with E-state index in [1.54, 1.807) is 18.5 Å². The second-order valence-corrected chi connectivity index (χ2v) is 7.55. The molecule has 0 radical (unpaired) electrons. The first kappa shape index (κ1) is 17.3. The molecule has 0 spiro atoms. The second kappa shape index (κ2) is 7.62. The molecule has 0 bridgehead atoms. The molecule has 26 heavy (non-hydrogen) atoms. The predicted molar refractivity (Wildman–Crippen MR) is 100 cm³/mol. The van der Waals surface area contributed by atoms with Crippen LogP contribution in [0.1, 0.15) is 37.7 Å². The summed E-state index contributed by atoms with van der Waals surface area (Å²) in [5, 5.41) is 3.67. The van der Waals surface area contributed by atoms with Gasteiger partial charge >= 0.3 is 0 Å². The molecule has 1 fully saturated rings. The standard InChI is InChI=1S/C20H22ClN3O2/c21-15-9-14-10-16(12-24-18(25)8-13-4-1-2-5-13)26-19(14)17(11-15)20-22-6-3-7-23-20/h3,6-7,9,11,13,16H,1-2,4-5,8,10,12H2,(H,24,25). The Kier molecular flexibility index (Phi) is 5.07. The van der Waals surface area contributed by atoms with Gasteiger partial charge in [-0.15, -0.1) is 0 Å². The fourth-order valence-electron chi connectivity index (χ4n) is 3.89. The number of fused-ring (bicyclic) bond motifs is 1. The van der Waals surface area contributed by atoms with Gasteiger partial charge in [-0.2, -0.15) is 0 Å². The van der Waals surface area contributed by atoms with Gasteiger partial charge in [-0.1, -0.05) is 24.4 Å². The molecule has 1 aromatic carbocycles. The van der Waals surface area contributed by atoms with Crippen LogP contribution in [-0.2, 0) is 11.2 Å². The Labute approximate surface area is 158 Å². The van der Waals surface area contributed by atoms with Crippen LogP contribution in [0.25, 0.3) is 11.4 Å². The van der Waals surface area contributed by atoms with Gasteiger partial charge in [0.2, 0.25) is 5.91 Å². The maximum atomic E-state index is 12.2. The third kappa shape index (κ3) is 3.83. The number of halogens is 1. The van der Waals surface area contributed by atoms with Crippen molar-refractivity contribution in [2.75, 3.05) is 6.54 Å². The van der Waals surface area contributed by atoms with Gasteiger partial charge in [-0.05, 0) is 37.0 Å². The summed E-state index contributed by atoms with van der Waals surface area (Å²) in [4.78, 5) is 20.8. The summed E-state index contributed by atoms with van der Waals surface area (Å²) in [5.74, 6) is 2.05. The molecule has 2 aromatic rings. The minimum Gasteiger partial charge on any atom is -0.487 e. The van der Waals surface area contributed by atoms with Crippen molar-refractivity contribution in [1.82, 2.24) is 15.3 Å². The summed E-state index contributed by atoms with van der Waals surface area (Å²) in [6, 6.07) is 5.53. The van der Waals surface area contributed by atoms with E-state index in [0.29, 0.717) is 29.7 Å². The van der Waals surface area contributed by atoms with Gasteiger partial charge in [0, 0.05) is 35.8 Å². The smallest absolute Gasteiger partial charge is 0.220 e. The number of nitrogens with zero attached hydrogens (tertiary/aromatic N) is 2. The topological polar surface area (TPSA) is 64.1 Å². The van der Waals surface area contributed by atoms with Gasteiger partial charge in [0.1, 0.15) is 11.9 Å². The Morgan fingerprint density at radius 3 is 2.77 bits per heavy atom. The van der Waals surface area contributed by atoms with Gasteiger partial charge in [0.15, 0.2) is 5.82 Å². The molecule has 136 valence electrons. The van der Waals surface area contributed by atoms with Crippen LogP contribution < -0.4 is 10.1 Å². The van der Waals surface area contributed by atoms with Crippen molar-refractivity contribution in [3.05, 3.63) is 41.2 Å². The maximum Gasteiger partial charge on any atom is 0.220 e. The highest BCUT2D eigenvalue weighted by atomic mass is 35.5. The van der Waals surface area contributed by atoms with Gasteiger partial charge in [0.25, 0.3) is 0 Å². The number of aromatic nitrogens is 2. The van der Waals surface area contributed by atoms with E-state index in [1.807, 2.05) is 12.1 Å². The first-order chi connectivity index (χ1) is 12.7. The number of carbonyl (C=O) groups is 1. The van der Waals surface area contributed by atoms with Gasteiger partial charge in [-0.25, -0.2) is 9.97 Å². The van der Waals surface area contributed by atoms with Crippen LogP contribution in [0.4, 0.5) is 0 Å². The molecule has 4 rings (SSSR count). The Hall–Kier alpha value is -2.14. The lowest BCUT2D eigenvalue weighted by Crippen LogP contribution is -2.35. The van der Waals surface area contributed by atoms with Crippen molar-refractivity contribution in [1.29, 1.82) is 0 Å². The summed E-state index contributed by atoms with van der Waals surface area (Å²) >= 11 is 6.27. The van der Waals surface area contributed by atoms with E-state index in [4.69, 9.17) is 16.3 Å². The Morgan fingerprint density at radius 1 is 1.23 bits per heavy atom. The van der Waals surface area contributed by atoms with E-state index < -0.39 is 0 Å². The zero-order valence-corrected chi connectivity index (χ0v) is 15.3. The zero-order valence-electron chi connectivity index (χ0n) is 14.6. The summed E-state index contributed by atoms with van der Waals surface area (Å²) in [6.07, 6.45) is 9.53. The third-order valence-corrected chi connectivity index (χ3v) is 5.36. The molecular formula is C20H22ClN3O2. The first-order valence-corrected chi connectivity index (χ1v) is 9.60. The molecule has 1 amide bonds. The summed E-state index contributed by atoms with van der Waals surface area (Å²) < 4.78 is 6.11. The van der Waals surface area contributed by atoms with Crippen LogP contribution in [0, 0.1) is 5.92 Å². The van der Waals surface area contributed by atoms with Gasteiger partial charge < -0.3 is 10.1 Å². The van der Waals surface area contributed by atoms with Crippen molar-refractivity contribution < 1.29 is 9.53 Å². The quantitative estimate of drug-likeness (QED) is 0.868. The molecule has 1 aliphatic heterocycles. The number of ether oxygens (including phenoxy) is 1. The Bertz CT molecular complexity index is 791. The average molecular weight is 372 g/mol. The van der Waals surface area contributed by atoms with Crippen LogP contribution in [0.2, 0.25) is 5.02 Å². The maximum absolute atomic E-state index is 12.2. The normalized spacial score (nSPS) is 19.2. The van der Waals surface area contributed by atoms with Gasteiger partial charge in [-0.3, -0.25) is 4.79 Å². The third-order valence-electron chi connectivity index (χ3n) is 5.15. The number of rotatable bonds is 5. The molecule has 1 aliphatic carbocycles. The Balaban J connectivity index is 1.41. The number of nitrogens with one attached hydrogen (secondary N) is 1. The van der Waals surface area contributed by atoms with E-state index in [9.17, 15) is 4.79 Å². The van der Waals surface area contributed by atoms with E-state index in [1.165, 1.54) is 25.7 Å². The monoisotopic (exact) mass is 371 g/mol. The molecule has 0 saturated heterocycles. The van der Waals surface area contributed by atoms with Crippen molar-refractivity contribution in [2.24, 2.45) is 5.92 Å². The highest BCUT2D eigenvalue weighted by Crippen LogP contribution is 2.39. The van der Waals surface area contributed by atoms with Crippen LogP contribution in [0.5, 0.6) is 5.75 Å². The fourth-order valence-corrected chi connectivity index (χ4v) is 4.13. The number of carbonyl (C=O) groups excluding carboxylic acids is 1. The molecule has 1 N–H and O–H groups in total. The van der Waals surface area contributed by atoms with Crippen LogP contribution >= 0.6 is 11.6 Å². The summed E-state index contributed by atoms with van der Waals surface area (Å²) in [5.41, 5.74) is 1.84. The largest absolute Gasteiger partial charge is 0.487 e. The summed E-state index contributed by atoms with van der Waals surface area (Å²) in [7, 11) is 0. The van der Waals surface area contributed by atoms with E-state index in [2.05, 4.69) is 15.3 Å². The van der Waals surface area contributed by atoms with Crippen LogP contribution in [-0.4, -0.2) is 28.5 Å². The van der Waals surface area contributed by atoms with Crippen molar-refractivity contribution in [3.63, 3.8) is 0 Å². The van der Waals surface area contributed by atoms with Crippen LogP contribution in [0.15, 0.2) is 30.6 Å². The molecular weight excluding hydrogens is 350 g/mol. The highest BCUT2D eigenvalue weighted by Gasteiger charge is 2.28.